The smallest absolute Gasteiger partial charge is 0.191 e. The predicted octanol–water partition coefficient (Wildman–Crippen LogP) is 1.28. The Labute approximate surface area is 122 Å². The van der Waals surface area contributed by atoms with E-state index in [1.54, 1.807) is 0 Å². The monoisotopic (exact) mass is 352 g/mol. The molecule has 0 radical (unpaired) electrons. The minimum absolute atomic E-state index is 0. The van der Waals surface area contributed by atoms with E-state index in [4.69, 9.17) is 0 Å². The number of rotatable bonds is 4. The van der Waals surface area contributed by atoms with Crippen LogP contribution >= 0.6 is 24.0 Å². The maximum absolute atomic E-state index is 4.43. The summed E-state index contributed by atoms with van der Waals surface area (Å²) in [6, 6.07) is 0. The van der Waals surface area contributed by atoms with Crippen LogP contribution in [0.25, 0.3) is 0 Å². The molecule has 0 saturated carbocycles. The summed E-state index contributed by atoms with van der Waals surface area (Å²) in [4.78, 5) is 7.00. The van der Waals surface area contributed by atoms with Crippen molar-refractivity contribution < 1.29 is 0 Å². The summed E-state index contributed by atoms with van der Waals surface area (Å²) in [5, 5.41) is 6.74. The van der Waals surface area contributed by atoms with Gasteiger partial charge in [-0.25, -0.2) is 0 Å². The zero-order chi connectivity index (χ0) is 11.2. The molecule has 0 spiro atoms. The van der Waals surface area contributed by atoms with Crippen LogP contribution in [-0.2, 0) is 0 Å². The van der Waals surface area contributed by atoms with Crippen LogP contribution < -0.4 is 10.6 Å². The summed E-state index contributed by atoms with van der Waals surface area (Å²) >= 11 is 0. The number of hydrogen-bond donors (Lipinski definition) is 2. The highest BCUT2D eigenvalue weighted by Gasteiger charge is 2.21. The number of nitrogens with zero attached hydrogens (tertiary/aromatic N) is 2. The van der Waals surface area contributed by atoms with Gasteiger partial charge in [-0.3, -0.25) is 4.99 Å². The summed E-state index contributed by atoms with van der Waals surface area (Å²) in [6.07, 6.45) is 3.77. The van der Waals surface area contributed by atoms with Crippen LogP contribution in [0.3, 0.4) is 0 Å². The van der Waals surface area contributed by atoms with E-state index in [0.717, 1.165) is 31.5 Å². The minimum Gasteiger partial charge on any atom is -0.356 e. The molecule has 100 valence electrons. The first-order valence-electron chi connectivity index (χ1n) is 6.63. The summed E-state index contributed by atoms with van der Waals surface area (Å²) in [7, 11) is 0. The van der Waals surface area contributed by atoms with Crippen molar-refractivity contribution in [2.24, 2.45) is 10.9 Å². The van der Waals surface area contributed by atoms with Crippen molar-refractivity contribution in [2.75, 3.05) is 39.3 Å². The van der Waals surface area contributed by atoms with Crippen molar-refractivity contribution in [1.29, 1.82) is 0 Å². The molecule has 0 aromatic heterocycles. The number of likely N-dealkylation sites (tertiary alicyclic amines) is 1. The van der Waals surface area contributed by atoms with Gasteiger partial charge in [0.15, 0.2) is 5.96 Å². The second-order valence-corrected chi connectivity index (χ2v) is 4.85. The predicted molar refractivity (Wildman–Crippen MR) is 83.2 cm³/mol. The Hall–Kier alpha value is -0.0400. The Morgan fingerprint density at radius 2 is 2.41 bits per heavy atom. The molecule has 0 aliphatic carbocycles. The lowest BCUT2D eigenvalue weighted by Crippen LogP contribution is -2.43. The molecular formula is C12H25IN4. The molecule has 1 unspecified atom stereocenters. The summed E-state index contributed by atoms with van der Waals surface area (Å²) in [5.41, 5.74) is 0. The molecule has 1 saturated heterocycles. The fourth-order valence-electron chi connectivity index (χ4n) is 2.49. The first-order valence-corrected chi connectivity index (χ1v) is 6.63. The second kappa shape index (κ2) is 8.13. The maximum Gasteiger partial charge on any atom is 0.191 e. The van der Waals surface area contributed by atoms with Crippen molar-refractivity contribution in [3.8, 4) is 0 Å². The highest BCUT2D eigenvalue weighted by atomic mass is 127. The first-order chi connectivity index (χ1) is 7.88. The van der Waals surface area contributed by atoms with Gasteiger partial charge in [0.2, 0.25) is 0 Å². The van der Waals surface area contributed by atoms with Crippen molar-refractivity contribution >= 4 is 29.9 Å². The first kappa shape index (κ1) is 15.0. The van der Waals surface area contributed by atoms with E-state index < -0.39 is 0 Å². The Balaban J connectivity index is 0.00000144. The standard InChI is InChI=1S/C12H24N4.HI/c1-2-7-16-8-4-11(10-16)9-15-12-13-5-3-6-14-12;/h11H,2-10H2,1H3,(H2,13,14,15);1H. The minimum atomic E-state index is 0. The lowest BCUT2D eigenvalue weighted by molar-refractivity contribution is 0.324. The van der Waals surface area contributed by atoms with Crippen LogP contribution in [0.2, 0.25) is 0 Å². The van der Waals surface area contributed by atoms with E-state index in [0.29, 0.717) is 0 Å². The third kappa shape index (κ3) is 4.99. The molecule has 5 heteroatoms. The number of aliphatic imine (C=N–C) groups is 1. The van der Waals surface area contributed by atoms with Gasteiger partial charge in [-0.15, -0.1) is 24.0 Å². The van der Waals surface area contributed by atoms with Gasteiger partial charge >= 0.3 is 0 Å². The van der Waals surface area contributed by atoms with E-state index in [1.807, 2.05) is 0 Å². The molecule has 1 fully saturated rings. The topological polar surface area (TPSA) is 39.7 Å². The van der Waals surface area contributed by atoms with Crippen molar-refractivity contribution in [2.45, 2.75) is 26.2 Å². The molecule has 1 atom stereocenters. The van der Waals surface area contributed by atoms with E-state index in [-0.39, 0.29) is 24.0 Å². The molecule has 17 heavy (non-hydrogen) atoms. The van der Waals surface area contributed by atoms with Crippen LogP contribution in [-0.4, -0.2) is 50.1 Å². The van der Waals surface area contributed by atoms with Crippen molar-refractivity contribution in [3.63, 3.8) is 0 Å². The van der Waals surface area contributed by atoms with Gasteiger partial charge in [-0.2, -0.15) is 0 Å². The molecule has 2 aliphatic rings. The second-order valence-electron chi connectivity index (χ2n) is 4.85. The average Bonchev–Trinajstić information content (AvgIpc) is 2.76. The number of hydrogen-bond acceptors (Lipinski definition) is 4. The van der Waals surface area contributed by atoms with Crippen molar-refractivity contribution in [1.82, 2.24) is 15.5 Å². The van der Waals surface area contributed by atoms with Crippen LogP contribution in [0.4, 0.5) is 0 Å². The largest absolute Gasteiger partial charge is 0.356 e. The normalized spacial score (nSPS) is 24.8. The fraction of sp³-hybridized carbons (Fsp3) is 0.917. The van der Waals surface area contributed by atoms with E-state index in [1.165, 1.54) is 38.9 Å². The van der Waals surface area contributed by atoms with Gasteiger partial charge in [-0.1, -0.05) is 6.92 Å². The van der Waals surface area contributed by atoms with Gasteiger partial charge < -0.3 is 15.5 Å². The number of halogens is 1. The number of nitrogens with one attached hydrogen (secondary N) is 2. The van der Waals surface area contributed by atoms with Crippen molar-refractivity contribution in [3.05, 3.63) is 0 Å². The molecule has 0 amide bonds. The van der Waals surface area contributed by atoms with E-state index in [9.17, 15) is 0 Å². The zero-order valence-electron chi connectivity index (χ0n) is 10.7. The van der Waals surface area contributed by atoms with Gasteiger partial charge in [0.25, 0.3) is 0 Å². The van der Waals surface area contributed by atoms with Gasteiger partial charge in [0.05, 0.1) is 0 Å². The van der Waals surface area contributed by atoms with Gasteiger partial charge in [0.1, 0.15) is 0 Å². The third-order valence-corrected chi connectivity index (χ3v) is 3.37. The average molecular weight is 352 g/mol. The SMILES string of the molecule is CCCN1CCC(CNC2=NCCCN2)C1.I. The fourth-order valence-corrected chi connectivity index (χ4v) is 2.49. The highest BCUT2D eigenvalue weighted by molar-refractivity contribution is 14.0. The van der Waals surface area contributed by atoms with E-state index >= 15 is 0 Å². The molecule has 2 heterocycles. The molecule has 0 bridgehead atoms. The highest BCUT2D eigenvalue weighted by Crippen LogP contribution is 2.15. The number of guanidine groups is 1. The molecule has 2 aliphatic heterocycles. The Kier molecular flexibility index (Phi) is 7.18. The van der Waals surface area contributed by atoms with Crippen LogP contribution in [0.5, 0.6) is 0 Å². The summed E-state index contributed by atoms with van der Waals surface area (Å²) in [5.74, 6) is 1.82. The van der Waals surface area contributed by atoms with Crippen LogP contribution in [0, 0.1) is 5.92 Å². The summed E-state index contributed by atoms with van der Waals surface area (Å²) in [6.45, 7) is 9.17. The molecule has 4 nitrogen and oxygen atoms in total. The molecule has 0 aromatic rings. The van der Waals surface area contributed by atoms with E-state index in [2.05, 4.69) is 27.4 Å². The third-order valence-electron chi connectivity index (χ3n) is 3.37. The molecule has 2 N–H and O–H groups in total. The van der Waals surface area contributed by atoms with Crippen LogP contribution in [0.15, 0.2) is 4.99 Å². The molecule has 2 rings (SSSR count). The Morgan fingerprint density at radius 3 is 3.12 bits per heavy atom. The van der Waals surface area contributed by atoms with Crippen LogP contribution in [0.1, 0.15) is 26.2 Å². The molecule has 0 aromatic carbocycles. The lowest BCUT2D eigenvalue weighted by atomic mass is 10.1. The summed E-state index contributed by atoms with van der Waals surface area (Å²) < 4.78 is 0. The maximum atomic E-state index is 4.43. The zero-order valence-corrected chi connectivity index (χ0v) is 13.1. The Bertz CT molecular complexity index is 245. The molecular weight excluding hydrogens is 327 g/mol. The Morgan fingerprint density at radius 1 is 1.53 bits per heavy atom. The van der Waals surface area contributed by atoms with Gasteiger partial charge in [0, 0.05) is 26.2 Å². The lowest BCUT2D eigenvalue weighted by Gasteiger charge is -2.19. The quantitative estimate of drug-likeness (QED) is 0.749. The van der Waals surface area contributed by atoms with Gasteiger partial charge in [-0.05, 0) is 38.3 Å².